The zero-order valence-corrected chi connectivity index (χ0v) is 8.76. The summed E-state index contributed by atoms with van der Waals surface area (Å²) < 4.78 is 36.3. The van der Waals surface area contributed by atoms with Crippen LogP contribution in [0.2, 0.25) is 0 Å². The molecule has 4 nitrogen and oxygen atoms in total. The molecule has 1 saturated heterocycles. The molecule has 0 aromatic rings. The van der Waals surface area contributed by atoms with Crippen LogP contribution in [0.1, 0.15) is 32.1 Å². The highest BCUT2D eigenvalue weighted by Gasteiger charge is 2.41. The van der Waals surface area contributed by atoms with Crippen molar-refractivity contribution in [3.05, 3.63) is 0 Å². The number of rotatable bonds is 2. The van der Waals surface area contributed by atoms with Crippen LogP contribution in [0.4, 0.5) is 18.0 Å². The van der Waals surface area contributed by atoms with Gasteiger partial charge in [-0.05, 0) is 25.7 Å². The van der Waals surface area contributed by atoms with Gasteiger partial charge in [0.25, 0.3) is 0 Å². The van der Waals surface area contributed by atoms with E-state index in [4.69, 9.17) is 10.8 Å². The van der Waals surface area contributed by atoms with Gasteiger partial charge in [0, 0.05) is 13.0 Å². The second-order valence-corrected chi connectivity index (χ2v) is 4.11. The number of carbonyl (C=O) groups is 1. The molecule has 1 heterocycles. The number of nitrogens with zero attached hydrogens (tertiary/aromatic N) is 1. The van der Waals surface area contributed by atoms with Crippen molar-refractivity contribution in [1.29, 1.82) is 0 Å². The van der Waals surface area contributed by atoms with E-state index in [0.717, 1.165) is 4.90 Å². The van der Waals surface area contributed by atoms with Gasteiger partial charge in [0.05, 0.1) is 5.66 Å². The zero-order chi connectivity index (χ0) is 12.4. The Labute approximate surface area is 91.2 Å². The fourth-order valence-electron chi connectivity index (χ4n) is 1.96. The van der Waals surface area contributed by atoms with Gasteiger partial charge >= 0.3 is 12.3 Å². The SMILES string of the molecule is NC1(CCC(F)(F)F)CCCCN1C(=O)O. The second-order valence-electron chi connectivity index (χ2n) is 4.11. The Morgan fingerprint density at radius 2 is 2.06 bits per heavy atom. The molecule has 7 heteroatoms. The van der Waals surface area contributed by atoms with Gasteiger partial charge < -0.3 is 10.8 Å². The molecule has 0 aromatic carbocycles. The summed E-state index contributed by atoms with van der Waals surface area (Å²) >= 11 is 0. The number of hydrogen-bond acceptors (Lipinski definition) is 2. The number of hydrogen-bond donors (Lipinski definition) is 2. The van der Waals surface area contributed by atoms with Crippen molar-refractivity contribution in [2.24, 2.45) is 5.73 Å². The molecule has 0 aliphatic carbocycles. The molecule has 1 amide bonds. The van der Waals surface area contributed by atoms with Gasteiger partial charge in [-0.2, -0.15) is 13.2 Å². The number of halogens is 3. The number of nitrogens with two attached hydrogens (primary N) is 1. The molecular formula is C9H15F3N2O2. The van der Waals surface area contributed by atoms with Crippen LogP contribution in [-0.2, 0) is 0 Å². The maximum atomic E-state index is 12.1. The average Bonchev–Trinajstić information content (AvgIpc) is 2.14. The molecular weight excluding hydrogens is 225 g/mol. The highest BCUT2D eigenvalue weighted by Crippen LogP contribution is 2.32. The third-order valence-electron chi connectivity index (χ3n) is 2.85. The molecule has 1 rings (SSSR count). The molecule has 1 aliphatic heterocycles. The van der Waals surface area contributed by atoms with Gasteiger partial charge in [0.1, 0.15) is 0 Å². The van der Waals surface area contributed by atoms with Crippen LogP contribution in [0.15, 0.2) is 0 Å². The molecule has 16 heavy (non-hydrogen) atoms. The van der Waals surface area contributed by atoms with Crippen LogP contribution in [-0.4, -0.2) is 34.5 Å². The first-order valence-electron chi connectivity index (χ1n) is 5.11. The Morgan fingerprint density at radius 3 is 2.56 bits per heavy atom. The van der Waals surface area contributed by atoms with Gasteiger partial charge in [0.2, 0.25) is 0 Å². The summed E-state index contributed by atoms with van der Waals surface area (Å²) in [7, 11) is 0. The van der Waals surface area contributed by atoms with Crippen LogP contribution in [0.25, 0.3) is 0 Å². The smallest absolute Gasteiger partial charge is 0.408 e. The van der Waals surface area contributed by atoms with Gasteiger partial charge in [-0.25, -0.2) is 4.79 Å². The van der Waals surface area contributed by atoms with Crippen molar-refractivity contribution in [1.82, 2.24) is 4.90 Å². The van der Waals surface area contributed by atoms with E-state index >= 15 is 0 Å². The summed E-state index contributed by atoms with van der Waals surface area (Å²) in [5, 5.41) is 8.87. The van der Waals surface area contributed by atoms with Crippen molar-refractivity contribution in [3.8, 4) is 0 Å². The summed E-state index contributed by atoms with van der Waals surface area (Å²) in [5.74, 6) is 0. The maximum absolute atomic E-state index is 12.1. The molecule has 94 valence electrons. The van der Waals surface area contributed by atoms with E-state index in [9.17, 15) is 18.0 Å². The van der Waals surface area contributed by atoms with Crippen molar-refractivity contribution in [2.75, 3.05) is 6.54 Å². The lowest BCUT2D eigenvalue weighted by molar-refractivity contribution is -0.143. The van der Waals surface area contributed by atoms with Gasteiger partial charge in [-0.3, -0.25) is 4.90 Å². The number of carboxylic acid groups (broad SMARTS) is 1. The molecule has 1 unspecified atom stereocenters. The van der Waals surface area contributed by atoms with Crippen LogP contribution in [0, 0.1) is 0 Å². The quantitative estimate of drug-likeness (QED) is 0.777. The zero-order valence-electron chi connectivity index (χ0n) is 8.76. The van der Waals surface area contributed by atoms with Crippen LogP contribution in [0.3, 0.4) is 0 Å². The fraction of sp³-hybridized carbons (Fsp3) is 0.889. The molecule has 1 aliphatic rings. The molecule has 0 radical (unpaired) electrons. The minimum absolute atomic E-state index is 0.212. The summed E-state index contributed by atoms with van der Waals surface area (Å²) in [6.45, 7) is 0.212. The minimum atomic E-state index is -4.30. The van der Waals surface area contributed by atoms with Gasteiger partial charge in [0.15, 0.2) is 0 Å². The van der Waals surface area contributed by atoms with Crippen molar-refractivity contribution < 1.29 is 23.1 Å². The number of likely N-dealkylation sites (tertiary alicyclic amines) is 1. The van der Waals surface area contributed by atoms with Crippen LogP contribution >= 0.6 is 0 Å². The molecule has 0 spiro atoms. The molecule has 1 atom stereocenters. The van der Waals surface area contributed by atoms with Crippen LogP contribution < -0.4 is 5.73 Å². The Morgan fingerprint density at radius 1 is 1.44 bits per heavy atom. The standard InChI is InChI=1S/C9H15F3N2O2/c10-9(11,12)5-4-8(13)3-1-2-6-14(8)7(15)16/h1-6,13H2,(H,15,16). The lowest BCUT2D eigenvalue weighted by atomic mass is 9.92. The summed E-state index contributed by atoms with van der Waals surface area (Å²) in [6.07, 6.45) is -5.36. The predicted molar refractivity (Wildman–Crippen MR) is 50.8 cm³/mol. The summed E-state index contributed by atoms with van der Waals surface area (Å²) in [4.78, 5) is 11.8. The molecule has 3 N–H and O–H groups in total. The average molecular weight is 240 g/mol. The topological polar surface area (TPSA) is 66.6 Å². The van der Waals surface area contributed by atoms with Crippen molar-refractivity contribution in [2.45, 2.75) is 43.9 Å². The molecule has 0 saturated carbocycles. The molecule has 1 fully saturated rings. The molecule has 0 aromatic heterocycles. The first kappa shape index (κ1) is 13.1. The van der Waals surface area contributed by atoms with E-state index in [-0.39, 0.29) is 19.4 Å². The highest BCUT2D eigenvalue weighted by molar-refractivity contribution is 5.66. The second kappa shape index (κ2) is 4.48. The first-order chi connectivity index (χ1) is 7.25. The van der Waals surface area contributed by atoms with Crippen LogP contribution in [0.5, 0.6) is 0 Å². The Hall–Kier alpha value is -0.980. The van der Waals surface area contributed by atoms with Gasteiger partial charge in [-0.1, -0.05) is 0 Å². The highest BCUT2D eigenvalue weighted by atomic mass is 19.4. The normalized spacial score (nSPS) is 26.9. The largest absolute Gasteiger partial charge is 0.465 e. The summed E-state index contributed by atoms with van der Waals surface area (Å²) in [6, 6.07) is 0. The first-order valence-corrected chi connectivity index (χ1v) is 5.11. The van der Waals surface area contributed by atoms with E-state index in [0.29, 0.717) is 12.8 Å². The number of piperidine rings is 1. The lowest BCUT2D eigenvalue weighted by Gasteiger charge is -2.43. The predicted octanol–water partition coefficient (Wildman–Crippen LogP) is 2.15. The minimum Gasteiger partial charge on any atom is -0.465 e. The Kier molecular flexibility index (Phi) is 3.67. The van der Waals surface area contributed by atoms with E-state index in [1.165, 1.54) is 0 Å². The Bertz CT molecular complexity index is 270. The third kappa shape index (κ3) is 3.26. The monoisotopic (exact) mass is 240 g/mol. The van der Waals surface area contributed by atoms with E-state index in [2.05, 4.69) is 0 Å². The lowest BCUT2D eigenvalue weighted by Crippen LogP contribution is -2.60. The fourth-order valence-corrected chi connectivity index (χ4v) is 1.96. The summed E-state index contributed by atoms with van der Waals surface area (Å²) in [5.41, 5.74) is 4.40. The number of alkyl halides is 3. The number of amides is 1. The van der Waals surface area contributed by atoms with E-state index in [1.54, 1.807) is 0 Å². The van der Waals surface area contributed by atoms with Crippen molar-refractivity contribution in [3.63, 3.8) is 0 Å². The third-order valence-corrected chi connectivity index (χ3v) is 2.85. The maximum Gasteiger partial charge on any atom is 0.408 e. The van der Waals surface area contributed by atoms with Crippen molar-refractivity contribution >= 4 is 6.09 Å². The van der Waals surface area contributed by atoms with Gasteiger partial charge in [-0.15, -0.1) is 0 Å². The van der Waals surface area contributed by atoms with E-state index in [1.807, 2.05) is 0 Å². The van der Waals surface area contributed by atoms with E-state index < -0.39 is 24.4 Å². The molecule has 0 bridgehead atoms. The Balaban J connectivity index is 2.67.